The zero-order valence-electron chi connectivity index (χ0n) is 24.7. The number of hydrogen-bond acceptors (Lipinski definition) is 6. The lowest BCUT2D eigenvalue weighted by Crippen LogP contribution is -2.35. The van der Waals surface area contributed by atoms with Gasteiger partial charge in [0, 0.05) is 29.2 Å². The molecule has 1 aliphatic heterocycles. The highest BCUT2D eigenvalue weighted by Gasteiger charge is 2.67. The number of benzene rings is 2. The number of halogens is 5. The fourth-order valence-corrected chi connectivity index (χ4v) is 7.75. The summed E-state index contributed by atoms with van der Waals surface area (Å²) >= 11 is 1.37. The number of fused-ring (bicyclic) bond motifs is 5. The van der Waals surface area contributed by atoms with Crippen molar-refractivity contribution in [3.63, 3.8) is 0 Å². The summed E-state index contributed by atoms with van der Waals surface area (Å²) < 4.78 is 73.5. The molecule has 8 nitrogen and oxygen atoms in total. The molecule has 2 aliphatic carbocycles. The molecular formula is C33H25F5N6O2S. The van der Waals surface area contributed by atoms with Gasteiger partial charge >= 0.3 is 0 Å². The van der Waals surface area contributed by atoms with Gasteiger partial charge in [0.15, 0.2) is 5.65 Å². The minimum atomic E-state index is -3.36. The van der Waals surface area contributed by atoms with E-state index in [9.17, 15) is 22.8 Å². The normalized spacial score (nSPS) is 19.4. The summed E-state index contributed by atoms with van der Waals surface area (Å²) in [6, 6.07) is 12.6. The van der Waals surface area contributed by atoms with Crippen molar-refractivity contribution in [1.29, 1.82) is 0 Å². The van der Waals surface area contributed by atoms with Gasteiger partial charge < -0.3 is 10.6 Å². The maximum atomic E-state index is 15.1. The van der Waals surface area contributed by atoms with E-state index in [0.29, 0.717) is 44.3 Å². The lowest BCUT2D eigenvalue weighted by Gasteiger charge is -2.20. The number of thiazole rings is 1. The first-order chi connectivity index (χ1) is 22.5. The van der Waals surface area contributed by atoms with E-state index >= 15 is 8.78 Å². The molecule has 8 rings (SSSR count). The van der Waals surface area contributed by atoms with Crippen LogP contribution in [0.15, 0.2) is 48.5 Å². The maximum absolute atomic E-state index is 15.1. The SMILES string of the molecule is Cc1cc(F)cc(CC(NC(=O)Cn2nc(C(F)F)c3c2C(F)(F)[C@@H]2C[C@H]32)c2ccc3sc(-c4ccc5c(c4)C(=O)NC5)nc3n2)c1. The van der Waals surface area contributed by atoms with Gasteiger partial charge in [0.2, 0.25) is 5.91 Å². The van der Waals surface area contributed by atoms with Crippen LogP contribution in [0.1, 0.15) is 74.5 Å². The first-order valence-electron chi connectivity index (χ1n) is 15.0. The monoisotopic (exact) mass is 664 g/mol. The third-order valence-corrected chi connectivity index (χ3v) is 10.1. The Hall–Kier alpha value is -4.72. The third kappa shape index (κ3) is 5.05. The van der Waals surface area contributed by atoms with Gasteiger partial charge in [-0.2, -0.15) is 13.9 Å². The van der Waals surface area contributed by atoms with E-state index in [2.05, 4.69) is 20.7 Å². The molecule has 3 aliphatic rings. The number of aromatic nitrogens is 4. The Morgan fingerprint density at radius 3 is 2.77 bits per heavy atom. The van der Waals surface area contributed by atoms with Crippen LogP contribution in [0, 0.1) is 18.7 Å². The smallest absolute Gasteiger partial charge is 0.293 e. The highest BCUT2D eigenvalue weighted by atomic mass is 32.1. The number of rotatable bonds is 8. The minimum absolute atomic E-state index is 0.0968. The van der Waals surface area contributed by atoms with E-state index < -0.39 is 59.9 Å². The predicted octanol–water partition coefficient (Wildman–Crippen LogP) is 6.49. The number of alkyl halides is 4. The fraction of sp³-hybridized carbons (Fsp3) is 0.303. The molecule has 4 heterocycles. The van der Waals surface area contributed by atoms with Crippen LogP contribution in [0.2, 0.25) is 0 Å². The second-order valence-corrected chi connectivity index (χ2v) is 13.3. The lowest BCUT2D eigenvalue weighted by atomic mass is 10.0. The number of nitrogens with one attached hydrogen (secondary N) is 2. The highest BCUT2D eigenvalue weighted by molar-refractivity contribution is 7.21. The molecule has 47 heavy (non-hydrogen) atoms. The minimum Gasteiger partial charge on any atom is -0.348 e. The fourth-order valence-electron chi connectivity index (χ4n) is 6.84. The van der Waals surface area contributed by atoms with E-state index in [1.54, 1.807) is 31.2 Å². The van der Waals surface area contributed by atoms with E-state index in [4.69, 9.17) is 4.98 Å². The molecule has 2 amide bonds. The first-order valence-corrected chi connectivity index (χ1v) is 15.8. The maximum Gasteiger partial charge on any atom is 0.293 e. The Labute approximate surface area is 268 Å². The number of hydrogen-bond donors (Lipinski definition) is 2. The van der Waals surface area contributed by atoms with Crippen molar-refractivity contribution in [2.45, 2.75) is 57.2 Å². The largest absolute Gasteiger partial charge is 0.348 e. The van der Waals surface area contributed by atoms with Crippen LogP contribution in [-0.4, -0.2) is 31.6 Å². The van der Waals surface area contributed by atoms with Gasteiger partial charge in [0.05, 0.1) is 16.4 Å². The number of amides is 2. The van der Waals surface area contributed by atoms with Gasteiger partial charge in [-0.25, -0.2) is 23.1 Å². The number of nitrogens with zero attached hydrogens (tertiary/aromatic N) is 4. The van der Waals surface area contributed by atoms with Crippen LogP contribution in [0.25, 0.3) is 20.9 Å². The zero-order valence-corrected chi connectivity index (χ0v) is 25.5. The second-order valence-electron chi connectivity index (χ2n) is 12.3. The van der Waals surface area contributed by atoms with Gasteiger partial charge in [0.25, 0.3) is 18.3 Å². The van der Waals surface area contributed by atoms with E-state index in [1.165, 1.54) is 23.5 Å². The predicted molar refractivity (Wildman–Crippen MR) is 162 cm³/mol. The Kier molecular flexibility index (Phi) is 6.73. The Morgan fingerprint density at radius 2 is 1.98 bits per heavy atom. The quantitative estimate of drug-likeness (QED) is 0.185. The molecule has 5 aromatic rings. The van der Waals surface area contributed by atoms with Crippen molar-refractivity contribution in [3.8, 4) is 10.6 Å². The van der Waals surface area contributed by atoms with Gasteiger partial charge in [-0.15, -0.1) is 11.3 Å². The summed E-state index contributed by atoms with van der Waals surface area (Å²) in [6.07, 6.45) is -2.85. The first kappa shape index (κ1) is 29.7. The summed E-state index contributed by atoms with van der Waals surface area (Å²) in [5.74, 6) is -6.47. The topological polar surface area (TPSA) is 102 Å². The van der Waals surface area contributed by atoms with Crippen molar-refractivity contribution < 1.29 is 31.5 Å². The summed E-state index contributed by atoms with van der Waals surface area (Å²) in [5.41, 5.74) is 2.72. The van der Waals surface area contributed by atoms with Gasteiger partial charge in [0.1, 0.15) is 28.8 Å². The van der Waals surface area contributed by atoms with Crippen LogP contribution in [0.4, 0.5) is 22.0 Å². The molecule has 1 fully saturated rings. The van der Waals surface area contributed by atoms with Crippen molar-refractivity contribution in [2.75, 3.05) is 0 Å². The van der Waals surface area contributed by atoms with Crippen LogP contribution in [-0.2, 0) is 30.2 Å². The van der Waals surface area contributed by atoms with E-state index in [0.717, 1.165) is 15.8 Å². The van der Waals surface area contributed by atoms with Crippen molar-refractivity contribution >= 4 is 33.5 Å². The van der Waals surface area contributed by atoms with Gasteiger partial charge in [-0.05, 0) is 72.7 Å². The molecule has 1 saturated carbocycles. The molecule has 0 bridgehead atoms. The van der Waals surface area contributed by atoms with Crippen molar-refractivity contribution in [3.05, 3.63) is 99.2 Å². The van der Waals surface area contributed by atoms with E-state index in [-0.39, 0.29) is 24.3 Å². The standard InChI is InChI=1S/C33H25F5N6O2S/c1-14-6-15(8-18(34)7-14)9-23(40-25(45)13-44-28-26(27(43-44)29(35)36)20-11-21(20)33(28,37)38)22-4-5-24-30(41-22)42-32(47-24)16-2-3-17-12-39-31(46)19(17)10-16/h2-8,10,20-21,23,29H,9,11-13H2,1H3,(H,39,46)(H,40,45)/t20-,21+,23?/m0/s1. The Morgan fingerprint density at radius 1 is 1.15 bits per heavy atom. The van der Waals surface area contributed by atoms with Crippen LogP contribution in [0.5, 0.6) is 0 Å². The number of carbonyl (C=O) groups is 2. The average Bonchev–Trinajstić information content (AvgIpc) is 3.25. The van der Waals surface area contributed by atoms with E-state index in [1.807, 2.05) is 12.1 Å². The summed E-state index contributed by atoms with van der Waals surface area (Å²) in [4.78, 5) is 35.0. The lowest BCUT2D eigenvalue weighted by molar-refractivity contribution is -0.123. The molecular weight excluding hydrogens is 639 g/mol. The third-order valence-electron chi connectivity index (χ3n) is 9.01. The molecule has 0 spiro atoms. The molecule has 1 unspecified atom stereocenters. The molecule has 2 aromatic carbocycles. The highest BCUT2D eigenvalue weighted by Crippen LogP contribution is 2.68. The number of pyridine rings is 1. The summed E-state index contributed by atoms with van der Waals surface area (Å²) in [7, 11) is 0. The van der Waals surface area contributed by atoms with Crippen LogP contribution >= 0.6 is 11.3 Å². The molecule has 3 atom stereocenters. The van der Waals surface area contributed by atoms with Crippen LogP contribution in [0.3, 0.4) is 0 Å². The summed E-state index contributed by atoms with van der Waals surface area (Å²) in [6.45, 7) is 1.49. The zero-order chi connectivity index (χ0) is 32.8. The second kappa shape index (κ2) is 10.7. The molecule has 2 N–H and O–H groups in total. The number of carbonyl (C=O) groups excluding carboxylic acids is 2. The Balaban J connectivity index is 1.11. The molecule has 240 valence electrons. The molecule has 14 heteroatoms. The van der Waals surface area contributed by atoms with Gasteiger partial charge in [-0.3, -0.25) is 14.3 Å². The number of aryl methyl sites for hydroxylation is 1. The van der Waals surface area contributed by atoms with Gasteiger partial charge in [-0.1, -0.05) is 18.2 Å². The molecule has 3 aromatic heterocycles. The molecule has 0 saturated heterocycles. The summed E-state index contributed by atoms with van der Waals surface area (Å²) in [5, 5.41) is 9.98. The van der Waals surface area contributed by atoms with Crippen molar-refractivity contribution in [2.24, 2.45) is 5.92 Å². The average molecular weight is 665 g/mol. The van der Waals surface area contributed by atoms with Crippen molar-refractivity contribution in [1.82, 2.24) is 30.4 Å². The molecule has 0 radical (unpaired) electrons. The van der Waals surface area contributed by atoms with Crippen LogP contribution < -0.4 is 10.6 Å². The Bertz CT molecular complexity index is 2110.